The Morgan fingerprint density at radius 3 is 1.85 bits per heavy atom. The molecular weight excluding hydrogens is 278 g/mol. The Balaban J connectivity index is 0.000000396. The molecule has 0 radical (unpaired) electrons. The maximum atomic E-state index is 9.55. The first-order valence-electron chi connectivity index (χ1n) is 5.40. The third-order valence-electron chi connectivity index (χ3n) is 2.32. The van der Waals surface area contributed by atoms with Gasteiger partial charge in [-0.25, -0.2) is 9.59 Å². The van der Waals surface area contributed by atoms with Crippen molar-refractivity contribution in [3.8, 4) is 0 Å². The Morgan fingerprint density at radius 1 is 1.05 bits per heavy atom. The zero-order valence-corrected chi connectivity index (χ0v) is 10.2. The normalized spacial score (nSPS) is 33.4. The summed E-state index contributed by atoms with van der Waals surface area (Å²) in [6.45, 7) is -0.470. The number of carbonyl (C=O) groups is 2. The summed E-state index contributed by atoms with van der Waals surface area (Å²) < 4.78 is 4.70. The van der Waals surface area contributed by atoms with E-state index in [1.165, 1.54) is 0 Å². The molecule has 20 heavy (non-hydrogen) atoms. The van der Waals surface area contributed by atoms with Crippen molar-refractivity contribution in [2.45, 2.75) is 30.6 Å². The lowest BCUT2D eigenvalue weighted by Gasteiger charge is -2.38. The van der Waals surface area contributed by atoms with Crippen LogP contribution in [0, 0.1) is 0 Å². The second kappa shape index (κ2) is 8.58. The second-order valence-electron chi connectivity index (χ2n) is 3.82. The monoisotopic (exact) mass is 295 g/mol. The van der Waals surface area contributed by atoms with E-state index in [1.807, 2.05) is 0 Å². The number of aliphatic hydroxyl groups excluding tert-OH is 4. The third-order valence-corrected chi connectivity index (χ3v) is 2.32. The van der Waals surface area contributed by atoms with Gasteiger partial charge in [0.15, 0.2) is 6.29 Å². The Kier molecular flexibility index (Phi) is 7.91. The lowest BCUT2D eigenvalue weighted by atomic mass is 9.98. The van der Waals surface area contributed by atoms with E-state index in [9.17, 15) is 19.8 Å². The van der Waals surface area contributed by atoms with Crippen LogP contribution in [0.3, 0.4) is 0 Å². The minimum Gasteiger partial charge on any atom is -0.478 e. The highest BCUT2D eigenvalue weighted by Gasteiger charge is 2.41. The van der Waals surface area contributed by atoms with Crippen molar-refractivity contribution >= 4 is 11.9 Å². The van der Waals surface area contributed by atoms with Crippen LogP contribution in [0.15, 0.2) is 12.2 Å². The molecule has 116 valence electrons. The van der Waals surface area contributed by atoms with Gasteiger partial charge in [-0.2, -0.15) is 0 Å². The van der Waals surface area contributed by atoms with Crippen molar-refractivity contribution in [2.75, 3.05) is 6.61 Å². The van der Waals surface area contributed by atoms with Crippen LogP contribution in [0.1, 0.15) is 0 Å². The fourth-order valence-corrected chi connectivity index (χ4v) is 1.26. The van der Waals surface area contributed by atoms with Crippen LogP contribution in [0.5, 0.6) is 0 Å². The van der Waals surface area contributed by atoms with Gasteiger partial charge < -0.3 is 41.1 Å². The number of ether oxygens (including phenoxy) is 1. The number of hydrogen-bond donors (Lipinski definition) is 7. The predicted octanol–water partition coefficient (Wildman–Crippen LogP) is -3.54. The van der Waals surface area contributed by atoms with E-state index in [-0.39, 0.29) is 0 Å². The molecule has 0 saturated carbocycles. The molecule has 1 aliphatic rings. The summed E-state index contributed by atoms with van der Waals surface area (Å²) in [6, 6.07) is -1.04. The average molecular weight is 295 g/mol. The van der Waals surface area contributed by atoms with Crippen LogP contribution < -0.4 is 5.73 Å². The molecule has 1 saturated heterocycles. The first kappa shape index (κ1) is 18.4. The van der Waals surface area contributed by atoms with E-state index in [1.54, 1.807) is 0 Å². The smallest absolute Gasteiger partial charge is 0.328 e. The molecule has 0 aromatic heterocycles. The van der Waals surface area contributed by atoms with E-state index in [0.29, 0.717) is 12.2 Å². The van der Waals surface area contributed by atoms with Gasteiger partial charge >= 0.3 is 11.9 Å². The van der Waals surface area contributed by atoms with Gasteiger partial charge in [-0.15, -0.1) is 0 Å². The molecule has 0 aliphatic carbocycles. The molecule has 5 atom stereocenters. The van der Waals surface area contributed by atoms with Crippen molar-refractivity contribution in [1.82, 2.24) is 0 Å². The van der Waals surface area contributed by atoms with Gasteiger partial charge in [0.05, 0.1) is 12.6 Å². The summed E-state index contributed by atoms with van der Waals surface area (Å²) in [4.78, 5) is 19.1. The Morgan fingerprint density at radius 2 is 1.50 bits per heavy atom. The van der Waals surface area contributed by atoms with Crippen LogP contribution in [0.4, 0.5) is 0 Å². The van der Waals surface area contributed by atoms with Crippen LogP contribution in [0.25, 0.3) is 0 Å². The van der Waals surface area contributed by atoms with Crippen LogP contribution in [0.2, 0.25) is 0 Å². The van der Waals surface area contributed by atoms with Crippen molar-refractivity contribution in [3.63, 3.8) is 0 Å². The second-order valence-corrected chi connectivity index (χ2v) is 3.82. The summed E-state index contributed by atoms with van der Waals surface area (Å²) in [6.07, 6.45) is -3.74. The molecule has 0 bridgehead atoms. The fraction of sp³-hybridized carbons (Fsp3) is 0.600. The molecule has 0 spiro atoms. The molecule has 1 heterocycles. The Labute approximate surface area is 113 Å². The number of aliphatic carboxylic acids is 2. The minimum atomic E-state index is -1.35. The molecule has 0 amide bonds. The molecule has 10 nitrogen and oxygen atoms in total. The Bertz CT molecular complexity index is 338. The first-order chi connectivity index (χ1) is 9.20. The fourth-order valence-electron chi connectivity index (χ4n) is 1.26. The lowest BCUT2D eigenvalue weighted by Crippen LogP contribution is -2.61. The minimum absolute atomic E-state index is 0.470. The van der Waals surface area contributed by atoms with Crippen LogP contribution in [-0.4, -0.2) is 79.8 Å². The van der Waals surface area contributed by atoms with Crippen molar-refractivity contribution in [3.05, 3.63) is 12.2 Å². The highest BCUT2D eigenvalue weighted by molar-refractivity contribution is 5.89. The van der Waals surface area contributed by atoms with Crippen molar-refractivity contribution in [2.24, 2.45) is 5.73 Å². The van der Waals surface area contributed by atoms with Crippen molar-refractivity contribution in [1.29, 1.82) is 0 Å². The van der Waals surface area contributed by atoms with Gasteiger partial charge in [0.25, 0.3) is 0 Å². The van der Waals surface area contributed by atoms with E-state index in [4.69, 9.17) is 30.9 Å². The molecule has 1 aliphatic heterocycles. The molecule has 10 heteroatoms. The number of nitrogens with two attached hydrogens (primary N) is 1. The highest BCUT2D eigenvalue weighted by atomic mass is 16.6. The summed E-state index contributed by atoms with van der Waals surface area (Å²) in [5.74, 6) is -2.51. The third kappa shape index (κ3) is 6.06. The summed E-state index contributed by atoms with van der Waals surface area (Å²) >= 11 is 0. The SMILES string of the molecule is N[C@@H]1[C@@H](O)[C@H](O)[C@@H](CO)O[C@H]1O.O=C(O)/C=C/C(=O)O. The zero-order valence-electron chi connectivity index (χ0n) is 10.2. The van der Waals surface area contributed by atoms with Gasteiger partial charge in [-0.3, -0.25) is 0 Å². The van der Waals surface area contributed by atoms with Gasteiger partial charge in [-0.05, 0) is 0 Å². The summed E-state index contributed by atoms with van der Waals surface area (Å²) in [7, 11) is 0. The molecule has 0 unspecified atom stereocenters. The van der Waals surface area contributed by atoms with Crippen molar-refractivity contribution < 1.29 is 45.0 Å². The number of hydrogen-bond acceptors (Lipinski definition) is 8. The summed E-state index contributed by atoms with van der Waals surface area (Å²) in [5.41, 5.74) is 5.26. The molecule has 0 aromatic rings. The Hall–Kier alpha value is -1.56. The van der Waals surface area contributed by atoms with E-state index in [2.05, 4.69) is 0 Å². The highest BCUT2D eigenvalue weighted by Crippen LogP contribution is 2.17. The van der Waals surface area contributed by atoms with Crippen LogP contribution >= 0.6 is 0 Å². The van der Waals surface area contributed by atoms with Crippen LogP contribution in [-0.2, 0) is 14.3 Å². The van der Waals surface area contributed by atoms with Gasteiger partial charge in [0.2, 0.25) is 0 Å². The predicted molar refractivity (Wildman–Crippen MR) is 62.4 cm³/mol. The van der Waals surface area contributed by atoms with E-state index in [0.717, 1.165) is 0 Å². The zero-order chi connectivity index (χ0) is 15.9. The molecule has 8 N–H and O–H groups in total. The van der Waals surface area contributed by atoms with Gasteiger partial charge in [0.1, 0.15) is 18.3 Å². The molecule has 1 rings (SSSR count). The lowest BCUT2D eigenvalue weighted by molar-refractivity contribution is -0.248. The number of carboxylic acid groups (broad SMARTS) is 2. The maximum absolute atomic E-state index is 9.55. The first-order valence-corrected chi connectivity index (χ1v) is 5.40. The number of carboxylic acids is 2. The van der Waals surface area contributed by atoms with E-state index < -0.39 is 49.2 Å². The molecular formula is C10H17NO9. The molecule has 0 aromatic carbocycles. The summed E-state index contributed by atoms with van der Waals surface area (Å²) in [5, 5.41) is 51.7. The maximum Gasteiger partial charge on any atom is 0.328 e. The van der Waals surface area contributed by atoms with Gasteiger partial charge in [-0.1, -0.05) is 0 Å². The quantitative estimate of drug-likeness (QED) is 0.256. The average Bonchev–Trinajstić information content (AvgIpc) is 2.39. The molecule has 1 fully saturated rings. The number of rotatable bonds is 3. The number of aliphatic hydroxyl groups is 4. The standard InChI is InChI=1S/C6H13NO5.C4H4O4/c7-3-5(10)4(9)2(1-8)12-6(3)11;5-3(6)1-2-4(7)8/h2-6,8-11H,1,7H2;1-2H,(H,5,6)(H,7,8)/b;2-1+/t2-,3-,4-,5-,6-;/m1./s1. The van der Waals surface area contributed by atoms with Gasteiger partial charge in [0, 0.05) is 12.2 Å². The largest absolute Gasteiger partial charge is 0.478 e. The van der Waals surface area contributed by atoms with E-state index >= 15 is 0 Å². The topological polar surface area (TPSA) is 191 Å².